The smallest absolute Gasteiger partial charge is 0.262 e. The van der Waals surface area contributed by atoms with Crippen LogP contribution in [0.1, 0.15) is 27.2 Å². The summed E-state index contributed by atoms with van der Waals surface area (Å²) in [5.74, 6) is -1.29. The Kier molecular flexibility index (Phi) is 2.90. The van der Waals surface area contributed by atoms with Crippen LogP contribution >= 0.6 is 0 Å². The monoisotopic (exact) mass is 226 g/mol. The molecule has 1 fully saturated rings. The standard InChI is InChI=1S/C12H18O4/c1-4-14-12(15-5-2)10(13)8-9-6-7-11(12,3)16-9/h6-7,9H,4-5,8H2,1-3H3. The first-order chi connectivity index (χ1) is 7.58. The average Bonchev–Trinajstić information content (AvgIpc) is 2.56. The number of carbonyl (C=O) groups excluding carboxylic acids is 1. The number of ether oxygens (including phenoxy) is 3. The van der Waals surface area contributed by atoms with Crippen molar-refractivity contribution in [2.45, 2.75) is 44.7 Å². The topological polar surface area (TPSA) is 44.8 Å². The minimum atomic E-state index is -1.26. The van der Waals surface area contributed by atoms with Crippen LogP contribution in [-0.4, -0.2) is 36.5 Å². The molecule has 90 valence electrons. The third-order valence-electron chi connectivity index (χ3n) is 3.13. The van der Waals surface area contributed by atoms with Crippen LogP contribution in [0.2, 0.25) is 0 Å². The summed E-state index contributed by atoms with van der Waals surface area (Å²) in [7, 11) is 0. The van der Waals surface area contributed by atoms with E-state index in [-0.39, 0.29) is 11.9 Å². The van der Waals surface area contributed by atoms with Gasteiger partial charge in [0.05, 0.1) is 6.10 Å². The molecule has 0 amide bonds. The molecular formula is C12H18O4. The SMILES string of the molecule is CCOC1(OCC)C(=O)CC2C=CC1(C)O2. The summed E-state index contributed by atoms with van der Waals surface area (Å²) in [5, 5.41) is 0. The number of rotatable bonds is 4. The Morgan fingerprint density at radius 1 is 1.44 bits per heavy atom. The molecular weight excluding hydrogens is 208 g/mol. The third-order valence-corrected chi connectivity index (χ3v) is 3.13. The first-order valence-electron chi connectivity index (χ1n) is 5.76. The lowest BCUT2D eigenvalue weighted by molar-refractivity contribution is -0.304. The normalized spacial score (nSPS) is 35.7. The van der Waals surface area contributed by atoms with Crippen LogP contribution in [0.3, 0.4) is 0 Å². The Bertz CT molecular complexity index is 317. The van der Waals surface area contributed by atoms with Gasteiger partial charge in [0.2, 0.25) is 0 Å². The van der Waals surface area contributed by atoms with Crippen molar-refractivity contribution >= 4 is 5.78 Å². The van der Waals surface area contributed by atoms with E-state index in [9.17, 15) is 4.79 Å². The molecule has 4 nitrogen and oxygen atoms in total. The molecule has 1 saturated heterocycles. The van der Waals surface area contributed by atoms with Gasteiger partial charge in [-0.1, -0.05) is 6.08 Å². The number of ketones is 1. The lowest BCUT2D eigenvalue weighted by Crippen LogP contribution is -2.64. The second-order valence-electron chi connectivity index (χ2n) is 4.23. The van der Waals surface area contributed by atoms with Gasteiger partial charge in [-0.2, -0.15) is 0 Å². The van der Waals surface area contributed by atoms with E-state index in [1.807, 2.05) is 32.9 Å². The molecule has 0 aromatic carbocycles. The van der Waals surface area contributed by atoms with Crippen molar-refractivity contribution in [1.29, 1.82) is 0 Å². The molecule has 2 atom stereocenters. The molecule has 0 aromatic heterocycles. The van der Waals surface area contributed by atoms with E-state index in [0.717, 1.165) is 0 Å². The second-order valence-corrected chi connectivity index (χ2v) is 4.23. The van der Waals surface area contributed by atoms with Crippen LogP contribution in [0, 0.1) is 0 Å². The maximum atomic E-state index is 12.2. The van der Waals surface area contributed by atoms with Crippen molar-refractivity contribution < 1.29 is 19.0 Å². The third kappa shape index (κ3) is 1.44. The second kappa shape index (κ2) is 3.95. The molecule has 2 rings (SSSR count). The molecule has 0 spiro atoms. The molecule has 16 heavy (non-hydrogen) atoms. The molecule has 2 aliphatic heterocycles. The van der Waals surface area contributed by atoms with E-state index in [1.165, 1.54) is 0 Å². The highest BCUT2D eigenvalue weighted by Crippen LogP contribution is 2.44. The van der Waals surface area contributed by atoms with Gasteiger partial charge in [-0.3, -0.25) is 4.79 Å². The Labute approximate surface area is 95.6 Å². The molecule has 0 aromatic rings. The maximum Gasteiger partial charge on any atom is 0.262 e. The molecule has 2 heterocycles. The van der Waals surface area contributed by atoms with Gasteiger partial charge < -0.3 is 14.2 Å². The fraction of sp³-hybridized carbons (Fsp3) is 0.750. The zero-order valence-corrected chi connectivity index (χ0v) is 9.99. The predicted molar refractivity (Wildman–Crippen MR) is 58.0 cm³/mol. The lowest BCUT2D eigenvalue weighted by atomic mass is 9.88. The van der Waals surface area contributed by atoms with Gasteiger partial charge in [-0.15, -0.1) is 0 Å². The summed E-state index contributed by atoms with van der Waals surface area (Å²) in [4.78, 5) is 12.2. The van der Waals surface area contributed by atoms with Crippen LogP contribution in [0.15, 0.2) is 12.2 Å². The van der Waals surface area contributed by atoms with E-state index >= 15 is 0 Å². The Morgan fingerprint density at radius 2 is 2.06 bits per heavy atom. The molecule has 0 saturated carbocycles. The molecule has 0 aliphatic carbocycles. The summed E-state index contributed by atoms with van der Waals surface area (Å²) < 4.78 is 17.0. The Balaban J connectivity index is 2.38. The van der Waals surface area contributed by atoms with Crippen LogP contribution < -0.4 is 0 Å². The predicted octanol–water partition coefficient (Wildman–Crippen LogP) is 1.44. The van der Waals surface area contributed by atoms with Gasteiger partial charge in [0.15, 0.2) is 5.78 Å². The maximum absolute atomic E-state index is 12.2. The van der Waals surface area contributed by atoms with Crippen molar-refractivity contribution in [1.82, 2.24) is 0 Å². The number of fused-ring (bicyclic) bond motifs is 2. The van der Waals surface area contributed by atoms with Crippen molar-refractivity contribution in [3.05, 3.63) is 12.2 Å². The van der Waals surface area contributed by atoms with Crippen LogP contribution in [0.4, 0.5) is 0 Å². The van der Waals surface area contributed by atoms with E-state index in [1.54, 1.807) is 0 Å². The first-order valence-corrected chi connectivity index (χ1v) is 5.76. The fourth-order valence-corrected chi connectivity index (χ4v) is 2.47. The number of hydrogen-bond donors (Lipinski definition) is 0. The zero-order valence-electron chi connectivity index (χ0n) is 9.99. The van der Waals surface area contributed by atoms with Gasteiger partial charge in [0.1, 0.15) is 5.60 Å². The van der Waals surface area contributed by atoms with Gasteiger partial charge in [-0.05, 0) is 26.8 Å². The number of hydrogen-bond acceptors (Lipinski definition) is 4. The van der Waals surface area contributed by atoms with Gasteiger partial charge in [-0.25, -0.2) is 0 Å². The summed E-state index contributed by atoms with van der Waals surface area (Å²) >= 11 is 0. The van der Waals surface area contributed by atoms with Gasteiger partial charge >= 0.3 is 0 Å². The minimum absolute atomic E-state index is 0.0278. The van der Waals surface area contributed by atoms with E-state index in [0.29, 0.717) is 19.6 Å². The summed E-state index contributed by atoms with van der Waals surface area (Å²) in [6.07, 6.45) is 4.00. The highest BCUT2D eigenvalue weighted by Gasteiger charge is 2.62. The fourth-order valence-electron chi connectivity index (χ4n) is 2.47. The molecule has 0 radical (unpaired) electrons. The van der Waals surface area contributed by atoms with Crippen molar-refractivity contribution in [2.24, 2.45) is 0 Å². The zero-order chi connectivity index (χ0) is 11.8. The average molecular weight is 226 g/mol. The van der Waals surface area contributed by atoms with Crippen molar-refractivity contribution in [2.75, 3.05) is 13.2 Å². The van der Waals surface area contributed by atoms with Crippen LogP contribution in [0.25, 0.3) is 0 Å². The van der Waals surface area contributed by atoms with Gasteiger partial charge in [0, 0.05) is 19.6 Å². The number of carbonyl (C=O) groups is 1. The molecule has 2 unspecified atom stereocenters. The van der Waals surface area contributed by atoms with Crippen LogP contribution in [-0.2, 0) is 19.0 Å². The molecule has 2 aliphatic rings. The van der Waals surface area contributed by atoms with Crippen molar-refractivity contribution in [3.8, 4) is 0 Å². The summed E-state index contributed by atoms with van der Waals surface area (Å²) in [6.45, 7) is 6.38. The summed E-state index contributed by atoms with van der Waals surface area (Å²) in [5.41, 5.74) is -0.793. The molecule has 0 N–H and O–H groups in total. The minimum Gasteiger partial charge on any atom is -0.357 e. The van der Waals surface area contributed by atoms with Gasteiger partial charge in [0.25, 0.3) is 5.79 Å². The highest BCUT2D eigenvalue weighted by molar-refractivity contribution is 5.90. The summed E-state index contributed by atoms with van der Waals surface area (Å²) in [6, 6.07) is 0. The first kappa shape index (κ1) is 11.8. The highest BCUT2D eigenvalue weighted by atomic mass is 16.7. The molecule has 2 bridgehead atoms. The van der Waals surface area contributed by atoms with Crippen molar-refractivity contribution in [3.63, 3.8) is 0 Å². The largest absolute Gasteiger partial charge is 0.357 e. The van der Waals surface area contributed by atoms with Crippen LogP contribution in [0.5, 0.6) is 0 Å². The molecule has 4 heteroatoms. The quantitative estimate of drug-likeness (QED) is 0.537. The van der Waals surface area contributed by atoms with E-state index in [4.69, 9.17) is 14.2 Å². The van der Waals surface area contributed by atoms with E-state index < -0.39 is 11.4 Å². The number of Topliss-reactive ketones (excluding diaryl/α,β-unsaturated/α-hetero) is 1. The van der Waals surface area contributed by atoms with E-state index in [2.05, 4.69) is 0 Å². The Morgan fingerprint density at radius 3 is 2.62 bits per heavy atom. The lowest BCUT2D eigenvalue weighted by Gasteiger charge is -2.46. The Hall–Kier alpha value is -0.710.